The van der Waals surface area contributed by atoms with E-state index in [1.165, 1.54) is 6.08 Å². The largest absolute Gasteiger partial charge is 0.463 e. The maximum atomic E-state index is 11.2. The van der Waals surface area contributed by atoms with Crippen LogP contribution in [0.5, 0.6) is 0 Å². The molecule has 0 aliphatic heterocycles. The molecule has 0 aromatic rings. The van der Waals surface area contributed by atoms with Crippen LogP contribution >= 0.6 is 23.5 Å². The topological polar surface area (TPSA) is 46.5 Å². The van der Waals surface area contributed by atoms with Crippen molar-refractivity contribution in [3.63, 3.8) is 0 Å². The molecule has 0 unspecified atom stereocenters. The molecule has 0 radical (unpaired) electrons. The number of hydrogen-bond donors (Lipinski definition) is 1. The summed E-state index contributed by atoms with van der Waals surface area (Å²) < 4.78 is 5.04. The second-order valence-electron chi connectivity index (χ2n) is 4.21. The first kappa shape index (κ1) is 17.9. The van der Waals surface area contributed by atoms with Crippen molar-refractivity contribution >= 4 is 29.5 Å². The molecule has 0 heterocycles. The molecule has 0 aromatic heterocycles. The van der Waals surface area contributed by atoms with Crippen molar-refractivity contribution in [2.24, 2.45) is 0 Å². The third-order valence-corrected chi connectivity index (χ3v) is 4.93. The van der Waals surface area contributed by atoms with Gasteiger partial charge in [0.25, 0.3) is 0 Å². The van der Waals surface area contributed by atoms with Crippen LogP contribution in [0, 0.1) is 0 Å². The summed E-state index contributed by atoms with van der Waals surface area (Å²) in [5.74, 6) is 1.49. The summed E-state index contributed by atoms with van der Waals surface area (Å²) in [7, 11) is 0. The van der Waals surface area contributed by atoms with E-state index >= 15 is 0 Å². The summed E-state index contributed by atoms with van der Waals surface area (Å²) in [5.41, 5.74) is 0. The van der Waals surface area contributed by atoms with Crippen LogP contribution in [-0.2, 0) is 9.53 Å². The highest BCUT2D eigenvalue weighted by molar-refractivity contribution is 8.18. The second-order valence-corrected chi connectivity index (χ2v) is 7.82. The van der Waals surface area contributed by atoms with Crippen LogP contribution in [-0.4, -0.2) is 39.9 Å². The van der Waals surface area contributed by atoms with Gasteiger partial charge in [-0.2, -0.15) is 0 Å². The molecule has 0 rings (SSSR count). The fraction of sp³-hybridized carbons (Fsp3) is 0.769. The van der Waals surface area contributed by atoms with Gasteiger partial charge < -0.3 is 9.84 Å². The van der Waals surface area contributed by atoms with Gasteiger partial charge in [-0.25, -0.2) is 4.79 Å². The van der Waals surface area contributed by atoms with Gasteiger partial charge in [0, 0.05) is 18.4 Å². The Morgan fingerprint density at radius 1 is 1.39 bits per heavy atom. The second kappa shape index (κ2) is 10.8. The Labute approximate surface area is 119 Å². The highest BCUT2D eigenvalue weighted by atomic mass is 32.2. The normalized spacial score (nSPS) is 12.0. The van der Waals surface area contributed by atoms with Gasteiger partial charge in [0.2, 0.25) is 0 Å². The number of carbonyl (C=O) groups is 1. The van der Waals surface area contributed by atoms with Crippen LogP contribution in [0.25, 0.3) is 0 Å². The van der Waals surface area contributed by atoms with Crippen molar-refractivity contribution in [3.8, 4) is 0 Å². The van der Waals surface area contributed by atoms with E-state index in [4.69, 9.17) is 9.84 Å². The first-order chi connectivity index (χ1) is 8.52. The zero-order valence-electron chi connectivity index (χ0n) is 11.5. The van der Waals surface area contributed by atoms with E-state index in [2.05, 4.69) is 13.8 Å². The van der Waals surface area contributed by atoms with Crippen LogP contribution in [0.3, 0.4) is 0 Å². The number of rotatable bonds is 10. The Morgan fingerprint density at radius 2 is 2.11 bits per heavy atom. The third kappa shape index (κ3) is 11.0. The van der Waals surface area contributed by atoms with Gasteiger partial charge in [-0.3, -0.25) is 0 Å². The van der Waals surface area contributed by atoms with Gasteiger partial charge in [0.05, 0.1) is 10.7 Å². The maximum absolute atomic E-state index is 11.2. The summed E-state index contributed by atoms with van der Waals surface area (Å²) in [6, 6.07) is 0. The average Bonchev–Trinajstić information content (AvgIpc) is 2.32. The zero-order chi connectivity index (χ0) is 13.9. The van der Waals surface area contributed by atoms with Gasteiger partial charge in [0.15, 0.2) is 0 Å². The Bertz CT molecular complexity index is 253. The van der Waals surface area contributed by atoms with Crippen molar-refractivity contribution in [2.45, 2.75) is 37.7 Å². The fourth-order valence-corrected chi connectivity index (χ4v) is 3.21. The molecule has 0 bridgehead atoms. The lowest BCUT2D eigenvalue weighted by molar-refractivity contribution is -0.137. The number of aliphatic hydroxyl groups excluding tert-OH is 1. The molecule has 0 spiro atoms. The standard InChI is InChI=1S/C13H24O3S2/c1-4-9-16-12(15)7-5-10-17-13(2,3)18-11-6-8-14/h5,7,14H,4,6,8-11H2,1-3H3. The van der Waals surface area contributed by atoms with Crippen molar-refractivity contribution < 1.29 is 14.6 Å². The summed E-state index contributed by atoms with van der Waals surface area (Å²) in [4.78, 5) is 11.2. The molecule has 0 atom stereocenters. The van der Waals surface area contributed by atoms with Crippen molar-refractivity contribution in [2.75, 3.05) is 24.7 Å². The highest BCUT2D eigenvalue weighted by Gasteiger charge is 2.17. The third-order valence-electron chi connectivity index (χ3n) is 1.98. The van der Waals surface area contributed by atoms with E-state index in [1.54, 1.807) is 11.8 Å². The van der Waals surface area contributed by atoms with Gasteiger partial charge in [0.1, 0.15) is 0 Å². The number of hydrogen-bond acceptors (Lipinski definition) is 5. The zero-order valence-corrected chi connectivity index (χ0v) is 13.1. The van der Waals surface area contributed by atoms with Gasteiger partial charge in [-0.15, -0.1) is 23.5 Å². The Kier molecular flexibility index (Phi) is 10.7. The van der Waals surface area contributed by atoms with Crippen LogP contribution < -0.4 is 0 Å². The lowest BCUT2D eigenvalue weighted by atomic mass is 10.5. The molecule has 106 valence electrons. The average molecular weight is 292 g/mol. The number of carbonyl (C=O) groups excluding carboxylic acids is 1. The molecule has 18 heavy (non-hydrogen) atoms. The minimum Gasteiger partial charge on any atom is -0.463 e. The molecule has 0 saturated heterocycles. The summed E-state index contributed by atoms with van der Waals surface area (Å²) >= 11 is 3.61. The summed E-state index contributed by atoms with van der Waals surface area (Å²) in [5, 5.41) is 8.73. The van der Waals surface area contributed by atoms with E-state index in [0.717, 1.165) is 24.3 Å². The van der Waals surface area contributed by atoms with E-state index in [9.17, 15) is 4.79 Å². The lowest BCUT2D eigenvalue weighted by Crippen LogP contribution is -2.10. The molecule has 0 aromatic carbocycles. The first-order valence-electron chi connectivity index (χ1n) is 6.24. The van der Waals surface area contributed by atoms with E-state index in [1.807, 2.05) is 24.8 Å². The number of ether oxygens (including phenoxy) is 1. The molecular formula is C13H24O3S2. The predicted molar refractivity (Wildman–Crippen MR) is 81.1 cm³/mol. The van der Waals surface area contributed by atoms with E-state index in [0.29, 0.717) is 6.61 Å². The molecule has 0 saturated carbocycles. The monoisotopic (exact) mass is 292 g/mol. The SMILES string of the molecule is CCCOC(=O)C=CCSC(C)(C)SCCCO. The van der Waals surface area contributed by atoms with Crippen LogP contribution in [0.1, 0.15) is 33.6 Å². The molecule has 0 aliphatic carbocycles. The molecule has 1 N–H and O–H groups in total. The van der Waals surface area contributed by atoms with E-state index < -0.39 is 0 Å². The quantitative estimate of drug-likeness (QED) is 0.290. The molecular weight excluding hydrogens is 268 g/mol. The van der Waals surface area contributed by atoms with Gasteiger partial charge in [-0.1, -0.05) is 13.0 Å². The smallest absolute Gasteiger partial charge is 0.330 e. The minimum atomic E-state index is -0.261. The summed E-state index contributed by atoms with van der Waals surface area (Å²) in [6.45, 7) is 7.01. The molecule has 3 nitrogen and oxygen atoms in total. The van der Waals surface area contributed by atoms with Crippen molar-refractivity contribution in [3.05, 3.63) is 12.2 Å². The van der Waals surface area contributed by atoms with Gasteiger partial charge in [-0.05, 0) is 32.4 Å². The number of aliphatic hydroxyl groups is 1. The van der Waals surface area contributed by atoms with E-state index in [-0.39, 0.29) is 16.7 Å². The highest BCUT2D eigenvalue weighted by Crippen LogP contribution is 2.36. The maximum Gasteiger partial charge on any atom is 0.330 e. The predicted octanol–water partition coefficient (Wildman–Crippen LogP) is 3.08. The molecule has 5 heteroatoms. The number of thioether (sulfide) groups is 2. The van der Waals surface area contributed by atoms with Crippen LogP contribution in [0.15, 0.2) is 12.2 Å². The fourth-order valence-electron chi connectivity index (χ4n) is 1.07. The first-order valence-corrected chi connectivity index (χ1v) is 8.21. The van der Waals surface area contributed by atoms with Crippen LogP contribution in [0.4, 0.5) is 0 Å². The van der Waals surface area contributed by atoms with Crippen LogP contribution in [0.2, 0.25) is 0 Å². The molecule has 0 aliphatic rings. The number of esters is 1. The summed E-state index contributed by atoms with van der Waals surface area (Å²) in [6.07, 6.45) is 5.02. The lowest BCUT2D eigenvalue weighted by Gasteiger charge is -2.22. The minimum absolute atomic E-state index is 0.104. The Hall–Kier alpha value is -0.130. The Balaban J connectivity index is 3.73. The van der Waals surface area contributed by atoms with Gasteiger partial charge >= 0.3 is 5.97 Å². The van der Waals surface area contributed by atoms with Crippen molar-refractivity contribution in [1.82, 2.24) is 0 Å². The molecule has 0 fully saturated rings. The van der Waals surface area contributed by atoms with Crippen molar-refractivity contribution in [1.29, 1.82) is 0 Å². The Morgan fingerprint density at radius 3 is 2.72 bits per heavy atom. The molecule has 0 amide bonds.